The zero-order chi connectivity index (χ0) is 17.3. The third-order valence-corrected chi connectivity index (χ3v) is 7.27. The van der Waals surface area contributed by atoms with Crippen molar-refractivity contribution in [1.82, 2.24) is 9.62 Å². The number of amides is 1. The highest BCUT2D eigenvalue weighted by molar-refractivity contribution is 7.89. The number of benzene rings is 1. The Kier molecular flexibility index (Phi) is 5.18. The van der Waals surface area contributed by atoms with Crippen molar-refractivity contribution in [2.24, 2.45) is 11.8 Å². The van der Waals surface area contributed by atoms with Crippen molar-refractivity contribution in [2.75, 3.05) is 19.6 Å². The SMILES string of the molecule is Cc1c(Cl)cccc1S(=O)(=O)N1CCCC(C(=O)NCC2CC2)C1. The second-order valence-electron chi connectivity index (χ2n) is 6.75. The summed E-state index contributed by atoms with van der Waals surface area (Å²) in [6.07, 6.45) is 3.79. The first-order valence-corrected chi connectivity index (χ1v) is 10.2. The Balaban J connectivity index is 1.73. The summed E-state index contributed by atoms with van der Waals surface area (Å²) in [7, 11) is -3.63. The van der Waals surface area contributed by atoms with Gasteiger partial charge in [-0.05, 0) is 56.2 Å². The molecule has 0 bridgehead atoms. The Bertz CT molecular complexity index is 731. The first-order chi connectivity index (χ1) is 11.4. The summed E-state index contributed by atoms with van der Waals surface area (Å²) >= 11 is 6.07. The van der Waals surface area contributed by atoms with E-state index in [1.165, 1.54) is 17.1 Å². The van der Waals surface area contributed by atoms with Gasteiger partial charge in [0.1, 0.15) is 0 Å². The molecule has 5 nitrogen and oxygen atoms in total. The summed E-state index contributed by atoms with van der Waals surface area (Å²) in [5.41, 5.74) is 0.555. The molecule has 1 amide bonds. The summed E-state index contributed by atoms with van der Waals surface area (Å²) in [4.78, 5) is 12.5. The van der Waals surface area contributed by atoms with Crippen molar-refractivity contribution in [3.05, 3.63) is 28.8 Å². The van der Waals surface area contributed by atoms with Gasteiger partial charge in [-0.1, -0.05) is 17.7 Å². The highest BCUT2D eigenvalue weighted by Gasteiger charge is 2.34. The molecule has 1 N–H and O–H groups in total. The van der Waals surface area contributed by atoms with Gasteiger partial charge in [-0.2, -0.15) is 4.31 Å². The molecular weight excluding hydrogens is 348 g/mol. The number of nitrogens with one attached hydrogen (secondary N) is 1. The minimum Gasteiger partial charge on any atom is -0.356 e. The van der Waals surface area contributed by atoms with Gasteiger partial charge >= 0.3 is 0 Å². The average molecular weight is 371 g/mol. The van der Waals surface area contributed by atoms with E-state index in [0.29, 0.717) is 29.5 Å². The van der Waals surface area contributed by atoms with Crippen molar-refractivity contribution >= 4 is 27.5 Å². The molecular formula is C17H23ClN2O3S. The third-order valence-electron chi connectivity index (χ3n) is 4.85. The van der Waals surface area contributed by atoms with Crippen molar-refractivity contribution < 1.29 is 13.2 Å². The molecule has 1 saturated carbocycles. The average Bonchev–Trinajstić information content (AvgIpc) is 3.39. The van der Waals surface area contributed by atoms with Crippen molar-refractivity contribution in [1.29, 1.82) is 0 Å². The highest BCUT2D eigenvalue weighted by Crippen LogP contribution is 2.30. The zero-order valence-electron chi connectivity index (χ0n) is 13.8. The van der Waals surface area contributed by atoms with Crippen LogP contribution in [-0.4, -0.2) is 38.3 Å². The predicted molar refractivity (Wildman–Crippen MR) is 93.4 cm³/mol. The van der Waals surface area contributed by atoms with Gasteiger partial charge in [0.25, 0.3) is 0 Å². The standard InChI is InChI=1S/C17H23ClN2O3S/c1-12-15(18)5-2-6-16(12)24(22,23)20-9-3-4-14(11-20)17(21)19-10-13-7-8-13/h2,5-6,13-14H,3-4,7-11H2,1H3,(H,19,21). The van der Waals surface area contributed by atoms with Crippen LogP contribution in [0.15, 0.2) is 23.1 Å². The van der Waals surface area contributed by atoms with E-state index >= 15 is 0 Å². The monoisotopic (exact) mass is 370 g/mol. The number of nitrogens with zero attached hydrogens (tertiary/aromatic N) is 1. The number of hydrogen-bond acceptors (Lipinski definition) is 3. The quantitative estimate of drug-likeness (QED) is 0.866. The Morgan fingerprint density at radius 1 is 1.33 bits per heavy atom. The van der Waals surface area contributed by atoms with E-state index < -0.39 is 10.0 Å². The minimum absolute atomic E-state index is 0.0235. The van der Waals surface area contributed by atoms with E-state index in [1.807, 2.05) is 0 Å². The summed E-state index contributed by atoms with van der Waals surface area (Å²) in [5, 5.41) is 3.40. The van der Waals surface area contributed by atoms with Crippen molar-refractivity contribution in [3.8, 4) is 0 Å². The fourth-order valence-corrected chi connectivity index (χ4v) is 5.09. The molecule has 1 saturated heterocycles. The van der Waals surface area contributed by atoms with Gasteiger partial charge in [0.2, 0.25) is 15.9 Å². The molecule has 1 unspecified atom stereocenters. The van der Waals surface area contributed by atoms with E-state index in [4.69, 9.17) is 11.6 Å². The maximum absolute atomic E-state index is 12.9. The normalized spacial score (nSPS) is 22.3. The van der Waals surface area contributed by atoms with Crippen LogP contribution in [0, 0.1) is 18.8 Å². The topological polar surface area (TPSA) is 66.5 Å². The lowest BCUT2D eigenvalue weighted by Crippen LogP contribution is -2.45. The second-order valence-corrected chi connectivity index (χ2v) is 9.07. The molecule has 7 heteroatoms. The maximum atomic E-state index is 12.9. The molecule has 2 aliphatic rings. The van der Waals surface area contributed by atoms with Gasteiger partial charge in [-0.3, -0.25) is 4.79 Å². The number of carbonyl (C=O) groups excluding carboxylic acids is 1. The minimum atomic E-state index is -3.63. The van der Waals surface area contributed by atoms with Gasteiger partial charge in [0, 0.05) is 24.7 Å². The summed E-state index contributed by atoms with van der Waals surface area (Å²) in [5.74, 6) is 0.322. The number of carbonyl (C=O) groups is 1. The van der Waals surface area contributed by atoms with Crippen LogP contribution in [0.25, 0.3) is 0 Å². The van der Waals surface area contributed by atoms with Crippen LogP contribution in [0.2, 0.25) is 5.02 Å². The first-order valence-electron chi connectivity index (χ1n) is 8.42. The van der Waals surface area contributed by atoms with Gasteiger partial charge in [0.05, 0.1) is 10.8 Å². The Hall–Kier alpha value is -1.11. The molecule has 1 aromatic carbocycles. The summed E-state index contributed by atoms with van der Waals surface area (Å²) in [6.45, 7) is 3.11. The largest absolute Gasteiger partial charge is 0.356 e. The van der Waals surface area contributed by atoms with Gasteiger partial charge in [-0.15, -0.1) is 0 Å². The van der Waals surface area contributed by atoms with Crippen LogP contribution in [-0.2, 0) is 14.8 Å². The molecule has 1 atom stereocenters. The van der Waals surface area contributed by atoms with Crippen molar-refractivity contribution in [3.63, 3.8) is 0 Å². The van der Waals surface area contributed by atoms with Gasteiger partial charge in [0.15, 0.2) is 0 Å². The molecule has 0 radical (unpaired) electrons. The van der Waals surface area contributed by atoms with Crippen LogP contribution >= 0.6 is 11.6 Å². The van der Waals surface area contributed by atoms with Crippen LogP contribution < -0.4 is 5.32 Å². The smallest absolute Gasteiger partial charge is 0.243 e. The molecule has 0 spiro atoms. The molecule has 132 valence electrons. The molecule has 2 fully saturated rings. The Labute approximate surface area is 148 Å². The molecule has 1 aliphatic carbocycles. The number of piperidine rings is 1. The fourth-order valence-electron chi connectivity index (χ4n) is 3.09. The molecule has 1 aliphatic heterocycles. The van der Waals surface area contributed by atoms with Crippen LogP contribution in [0.4, 0.5) is 0 Å². The number of halogens is 1. The second kappa shape index (κ2) is 7.02. The van der Waals surface area contributed by atoms with E-state index in [1.54, 1.807) is 25.1 Å². The molecule has 3 rings (SSSR count). The molecule has 0 aromatic heterocycles. The highest BCUT2D eigenvalue weighted by atomic mass is 35.5. The fraction of sp³-hybridized carbons (Fsp3) is 0.588. The van der Waals surface area contributed by atoms with Gasteiger partial charge in [-0.25, -0.2) is 8.42 Å². The summed E-state index contributed by atoms with van der Waals surface area (Å²) < 4.78 is 27.3. The molecule has 1 aromatic rings. The number of hydrogen-bond donors (Lipinski definition) is 1. The zero-order valence-corrected chi connectivity index (χ0v) is 15.4. The van der Waals surface area contributed by atoms with E-state index in [-0.39, 0.29) is 23.3 Å². The first kappa shape index (κ1) is 17.7. The van der Waals surface area contributed by atoms with E-state index in [0.717, 1.165) is 13.0 Å². The lowest BCUT2D eigenvalue weighted by Gasteiger charge is -2.31. The van der Waals surface area contributed by atoms with Gasteiger partial charge < -0.3 is 5.32 Å². The van der Waals surface area contributed by atoms with Crippen LogP contribution in [0.5, 0.6) is 0 Å². The predicted octanol–water partition coefficient (Wildman–Crippen LogP) is 2.58. The Morgan fingerprint density at radius 3 is 2.79 bits per heavy atom. The summed E-state index contributed by atoms with van der Waals surface area (Å²) in [6, 6.07) is 4.90. The van der Waals surface area contributed by atoms with Crippen molar-refractivity contribution in [2.45, 2.75) is 37.5 Å². The number of rotatable bonds is 5. The third kappa shape index (κ3) is 3.76. The Morgan fingerprint density at radius 2 is 2.08 bits per heavy atom. The maximum Gasteiger partial charge on any atom is 0.243 e. The lowest BCUT2D eigenvalue weighted by molar-refractivity contribution is -0.126. The van der Waals surface area contributed by atoms with E-state index in [9.17, 15) is 13.2 Å². The lowest BCUT2D eigenvalue weighted by atomic mass is 9.99. The van der Waals surface area contributed by atoms with E-state index in [2.05, 4.69) is 5.32 Å². The molecule has 1 heterocycles. The number of sulfonamides is 1. The van der Waals surface area contributed by atoms with Crippen LogP contribution in [0.3, 0.4) is 0 Å². The van der Waals surface area contributed by atoms with Crippen LogP contribution in [0.1, 0.15) is 31.2 Å². The molecule has 24 heavy (non-hydrogen) atoms.